The maximum absolute atomic E-state index is 13.4. The van der Waals surface area contributed by atoms with Crippen molar-refractivity contribution < 1.29 is 24.2 Å². The van der Waals surface area contributed by atoms with Crippen molar-refractivity contribution in [2.45, 2.75) is 52.8 Å². The molecule has 2 aromatic rings. The van der Waals surface area contributed by atoms with Crippen LogP contribution in [0.25, 0.3) is 0 Å². The minimum atomic E-state index is -0.983. The summed E-state index contributed by atoms with van der Waals surface area (Å²) in [6.45, 7) is 8.56. The number of carbonyl (C=O) groups is 3. The van der Waals surface area contributed by atoms with Crippen molar-refractivity contribution in [2.75, 3.05) is 19.7 Å². The molecule has 0 saturated carbocycles. The standard InChI is InChI=1S/C26H35N3O5/c1-18-11-12-21(15-19(18)2)23(24(32)27-16-20-9-7-6-8-10-20)29(13-14-30)22(31)17-28-25(33)34-26(3,4)5/h6-12,15,23,30H,13-14,16-17H2,1-5H3,(H,27,32)(H,28,33). The first-order valence-corrected chi connectivity index (χ1v) is 11.3. The summed E-state index contributed by atoms with van der Waals surface area (Å²) >= 11 is 0. The van der Waals surface area contributed by atoms with Crippen LogP contribution < -0.4 is 10.6 Å². The largest absolute Gasteiger partial charge is 0.444 e. The van der Waals surface area contributed by atoms with Gasteiger partial charge in [0, 0.05) is 13.1 Å². The topological polar surface area (TPSA) is 108 Å². The number of hydrogen-bond acceptors (Lipinski definition) is 5. The fourth-order valence-corrected chi connectivity index (χ4v) is 3.36. The van der Waals surface area contributed by atoms with Gasteiger partial charge in [-0.15, -0.1) is 0 Å². The van der Waals surface area contributed by atoms with Gasteiger partial charge < -0.3 is 25.4 Å². The first-order valence-electron chi connectivity index (χ1n) is 11.3. The Morgan fingerprint density at radius 1 is 1.00 bits per heavy atom. The highest BCUT2D eigenvalue weighted by Gasteiger charge is 2.31. The van der Waals surface area contributed by atoms with E-state index in [0.717, 1.165) is 16.7 Å². The molecule has 0 aliphatic heterocycles. The summed E-state index contributed by atoms with van der Waals surface area (Å²) in [7, 11) is 0. The number of ether oxygens (including phenoxy) is 1. The number of carbonyl (C=O) groups excluding carboxylic acids is 3. The van der Waals surface area contributed by atoms with Crippen LogP contribution in [0.15, 0.2) is 48.5 Å². The number of aryl methyl sites for hydroxylation is 2. The second-order valence-electron chi connectivity index (χ2n) is 9.12. The van der Waals surface area contributed by atoms with Crippen LogP contribution in [0.1, 0.15) is 49.1 Å². The van der Waals surface area contributed by atoms with Crippen LogP contribution in [0.5, 0.6) is 0 Å². The Bertz CT molecular complexity index is 986. The Hall–Kier alpha value is -3.39. The molecule has 8 heteroatoms. The van der Waals surface area contributed by atoms with Crippen molar-refractivity contribution in [3.63, 3.8) is 0 Å². The van der Waals surface area contributed by atoms with E-state index in [2.05, 4.69) is 10.6 Å². The van der Waals surface area contributed by atoms with Crippen LogP contribution in [-0.2, 0) is 20.9 Å². The Kier molecular flexibility index (Phi) is 9.62. The third kappa shape index (κ3) is 8.19. The van der Waals surface area contributed by atoms with Crippen LogP contribution in [0.4, 0.5) is 4.79 Å². The van der Waals surface area contributed by atoms with Gasteiger partial charge in [0.2, 0.25) is 11.8 Å². The average molecular weight is 470 g/mol. The molecule has 0 bridgehead atoms. The monoisotopic (exact) mass is 469 g/mol. The summed E-state index contributed by atoms with van der Waals surface area (Å²) < 4.78 is 5.19. The van der Waals surface area contributed by atoms with Gasteiger partial charge in [-0.25, -0.2) is 4.79 Å². The number of amides is 3. The number of benzene rings is 2. The molecule has 184 valence electrons. The molecule has 2 rings (SSSR count). The first-order chi connectivity index (χ1) is 16.0. The van der Waals surface area contributed by atoms with Crippen LogP contribution >= 0.6 is 0 Å². The molecular formula is C26H35N3O5. The molecule has 2 aromatic carbocycles. The Morgan fingerprint density at radius 2 is 1.68 bits per heavy atom. The van der Waals surface area contributed by atoms with E-state index in [1.165, 1.54) is 4.90 Å². The van der Waals surface area contributed by atoms with Gasteiger partial charge in [0.25, 0.3) is 0 Å². The molecule has 1 unspecified atom stereocenters. The van der Waals surface area contributed by atoms with Gasteiger partial charge in [-0.2, -0.15) is 0 Å². The smallest absolute Gasteiger partial charge is 0.408 e. The molecule has 0 saturated heterocycles. The van der Waals surface area contributed by atoms with Crippen LogP contribution in [0.3, 0.4) is 0 Å². The lowest BCUT2D eigenvalue weighted by Crippen LogP contribution is -2.48. The van der Waals surface area contributed by atoms with Gasteiger partial charge >= 0.3 is 6.09 Å². The van der Waals surface area contributed by atoms with E-state index >= 15 is 0 Å². The van der Waals surface area contributed by atoms with Crippen molar-refractivity contribution in [1.29, 1.82) is 0 Å². The fraction of sp³-hybridized carbons (Fsp3) is 0.423. The maximum Gasteiger partial charge on any atom is 0.408 e. The zero-order valence-electron chi connectivity index (χ0n) is 20.6. The summed E-state index contributed by atoms with van der Waals surface area (Å²) in [6, 6.07) is 14.0. The zero-order chi connectivity index (χ0) is 25.3. The van der Waals surface area contributed by atoms with Crippen molar-refractivity contribution in [3.8, 4) is 0 Å². The molecule has 0 radical (unpaired) electrons. The molecule has 0 aromatic heterocycles. The summed E-state index contributed by atoms with van der Waals surface area (Å²) in [5.74, 6) is -0.899. The van der Waals surface area contributed by atoms with E-state index in [1.807, 2.05) is 56.3 Å². The van der Waals surface area contributed by atoms with E-state index in [4.69, 9.17) is 4.74 Å². The molecular weight excluding hydrogens is 434 g/mol. The van der Waals surface area contributed by atoms with Gasteiger partial charge in [-0.3, -0.25) is 9.59 Å². The molecule has 34 heavy (non-hydrogen) atoms. The second-order valence-corrected chi connectivity index (χ2v) is 9.12. The van der Waals surface area contributed by atoms with Crippen LogP contribution in [-0.4, -0.2) is 53.2 Å². The average Bonchev–Trinajstić information content (AvgIpc) is 2.77. The molecule has 0 fully saturated rings. The normalized spacial score (nSPS) is 11.9. The van der Waals surface area contributed by atoms with Gasteiger partial charge in [-0.1, -0.05) is 48.5 Å². The zero-order valence-corrected chi connectivity index (χ0v) is 20.6. The van der Waals surface area contributed by atoms with Gasteiger partial charge in [0.05, 0.1) is 6.61 Å². The van der Waals surface area contributed by atoms with E-state index in [1.54, 1.807) is 26.8 Å². The number of aliphatic hydroxyl groups is 1. The number of alkyl carbamates (subject to hydrolysis) is 1. The maximum atomic E-state index is 13.4. The lowest BCUT2D eigenvalue weighted by Gasteiger charge is -2.31. The van der Waals surface area contributed by atoms with Crippen LogP contribution in [0, 0.1) is 13.8 Å². The first kappa shape index (κ1) is 26.9. The molecule has 0 heterocycles. The number of nitrogens with one attached hydrogen (secondary N) is 2. The Morgan fingerprint density at radius 3 is 2.26 bits per heavy atom. The molecule has 0 aliphatic carbocycles. The van der Waals surface area contributed by atoms with E-state index in [9.17, 15) is 19.5 Å². The summed E-state index contributed by atoms with van der Waals surface area (Å²) in [4.78, 5) is 39.8. The summed E-state index contributed by atoms with van der Waals surface area (Å²) in [5.41, 5.74) is 2.85. The summed E-state index contributed by atoms with van der Waals surface area (Å²) in [6.07, 6.45) is -0.735. The van der Waals surface area contributed by atoms with E-state index in [-0.39, 0.29) is 25.6 Å². The van der Waals surface area contributed by atoms with E-state index < -0.39 is 23.6 Å². The predicted octanol–water partition coefficient (Wildman–Crippen LogP) is 3.01. The molecule has 0 spiro atoms. The molecule has 3 amide bonds. The van der Waals surface area contributed by atoms with Crippen molar-refractivity contribution >= 4 is 17.9 Å². The van der Waals surface area contributed by atoms with Gasteiger partial charge in [0.15, 0.2) is 0 Å². The molecule has 8 nitrogen and oxygen atoms in total. The van der Waals surface area contributed by atoms with Gasteiger partial charge in [-0.05, 0) is 56.9 Å². The number of hydrogen-bond donors (Lipinski definition) is 3. The predicted molar refractivity (Wildman–Crippen MR) is 130 cm³/mol. The van der Waals surface area contributed by atoms with Crippen molar-refractivity contribution in [1.82, 2.24) is 15.5 Å². The Labute approximate surface area is 201 Å². The number of rotatable bonds is 9. The highest BCUT2D eigenvalue weighted by molar-refractivity contribution is 5.90. The quantitative estimate of drug-likeness (QED) is 0.523. The minimum Gasteiger partial charge on any atom is -0.444 e. The number of nitrogens with zero attached hydrogens (tertiary/aromatic N) is 1. The number of aliphatic hydroxyl groups excluding tert-OH is 1. The lowest BCUT2D eigenvalue weighted by molar-refractivity contribution is -0.140. The fourth-order valence-electron chi connectivity index (χ4n) is 3.36. The Balaban J connectivity index is 2.28. The lowest BCUT2D eigenvalue weighted by atomic mass is 9.99. The molecule has 3 N–H and O–H groups in total. The minimum absolute atomic E-state index is 0.0782. The molecule has 1 atom stereocenters. The third-order valence-electron chi connectivity index (χ3n) is 5.16. The van der Waals surface area contributed by atoms with Crippen molar-refractivity contribution in [2.24, 2.45) is 0 Å². The summed E-state index contributed by atoms with van der Waals surface area (Å²) in [5, 5.41) is 15.0. The highest BCUT2D eigenvalue weighted by atomic mass is 16.6. The second kappa shape index (κ2) is 12.2. The molecule has 0 aliphatic rings. The van der Waals surface area contributed by atoms with Gasteiger partial charge in [0.1, 0.15) is 18.2 Å². The SMILES string of the molecule is Cc1ccc(C(C(=O)NCc2ccccc2)N(CCO)C(=O)CNC(=O)OC(C)(C)C)cc1C. The van der Waals surface area contributed by atoms with Crippen molar-refractivity contribution in [3.05, 3.63) is 70.8 Å². The van der Waals surface area contributed by atoms with Crippen LogP contribution in [0.2, 0.25) is 0 Å². The third-order valence-corrected chi connectivity index (χ3v) is 5.16. The van der Waals surface area contributed by atoms with E-state index in [0.29, 0.717) is 12.1 Å². The highest BCUT2D eigenvalue weighted by Crippen LogP contribution is 2.24.